The molecule has 2 aliphatic carbocycles. The van der Waals surface area contributed by atoms with E-state index in [1.165, 1.54) is 12.5 Å². The van der Waals surface area contributed by atoms with E-state index in [-0.39, 0.29) is 17.5 Å². The van der Waals surface area contributed by atoms with Gasteiger partial charge >= 0.3 is 5.97 Å². The van der Waals surface area contributed by atoms with Gasteiger partial charge in [0.25, 0.3) is 0 Å². The van der Waals surface area contributed by atoms with Crippen LogP contribution in [0.3, 0.4) is 0 Å². The lowest BCUT2D eigenvalue weighted by molar-refractivity contribution is -0.150. The van der Waals surface area contributed by atoms with Crippen LogP contribution in [-0.4, -0.2) is 18.4 Å². The van der Waals surface area contributed by atoms with Crippen molar-refractivity contribution in [3.05, 3.63) is 23.3 Å². The number of carbonyl (C=O) groups is 2. The van der Waals surface area contributed by atoms with Gasteiger partial charge in [-0.05, 0) is 50.5 Å². The summed E-state index contributed by atoms with van der Waals surface area (Å²) in [4.78, 5) is 22.5. The zero-order valence-electron chi connectivity index (χ0n) is 12.6. The molecule has 0 aliphatic heterocycles. The van der Waals surface area contributed by atoms with E-state index in [4.69, 9.17) is 4.74 Å². The van der Waals surface area contributed by atoms with E-state index in [1.807, 2.05) is 0 Å². The average Bonchev–Trinajstić information content (AvgIpc) is 3.03. The molecule has 2 rings (SSSR count). The van der Waals surface area contributed by atoms with Crippen molar-refractivity contribution in [1.29, 1.82) is 0 Å². The fourth-order valence-corrected chi connectivity index (χ4v) is 3.14. The molecule has 110 valence electrons. The van der Waals surface area contributed by atoms with Crippen LogP contribution in [0.15, 0.2) is 23.3 Å². The van der Waals surface area contributed by atoms with Crippen LogP contribution in [0.5, 0.6) is 0 Å². The molecule has 3 heteroatoms. The third kappa shape index (κ3) is 3.38. The maximum atomic E-state index is 11.3. The number of aldehydes is 1. The average molecular weight is 276 g/mol. The largest absolute Gasteiger partial charge is 0.462 e. The summed E-state index contributed by atoms with van der Waals surface area (Å²) in [6.45, 7) is 5.75. The Morgan fingerprint density at radius 2 is 2.20 bits per heavy atom. The first-order valence-electron chi connectivity index (χ1n) is 7.44. The lowest BCUT2D eigenvalue weighted by Gasteiger charge is -2.24. The Morgan fingerprint density at radius 3 is 2.85 bits per heavy atom. The molecular formula is C17H24O3. The maximum absolute atomic E-state index is 11.3. The quantitative estimate of drug-likeness (QED) is 0.440. The fourth-order valence-electron chi connectivity index (χ4n) is 3.14. The van der Waals surface area contributed by atoms with Crippen molar-refractivity contribution in [2.45, 2.75) is 59.0 Å². The van der Waals surface area contributed by atoms with Crippen molar-refractivity contribution in [2.24, 2.45) is 11.3 Å². The van der Waals surface area contributed by atoms with E-state index >= 15 is 0 Å². The minimum Gasteiger partial charge on any atom is -0.462 e. The van der Waals surface area contributed by atoms with Crippen molar-refractivity contribution in [3.8, 4) is 0 Å². The minimum atomic E-state index is -0.210. The molecule has 0 aromatic rings. The summed E-state index contributed by atoms with van der Waals surface area (Å²) in [5, 5.41) is 0. The maximum Gasteiger partial charge on any atom is 0.302 e. The highest BCUT2D eigenvalue weighted by molar-refractivity contribution is 5.73. The first-order valence-corrected chi connectivity index (χ1v) is 7.44. The third-order valence-electron chi connectivity index (χ3n) is 4.68. The van der Waals surface area contributed by atoms with E-state index in [9.17, 15) is 9.59 Å². The Bertz CT molecular complexity index is 461. The molecule has 1 fully saturated rings. The normalized spacial score (nSPS) is 39.1. The molecule has 0 saturated heterocycles. The summed E-state index contributed by atoms with van der Waals surface area (Å²) < 4.78 is 5.55. The molecule has 3 nitrogen and oxygen atoms in total. The molecule has 0 radical (unpaired) electrons. The Kier molecular flexibility index (Phi) is 4.46. The number of esters is 1. The molecule has 0 N–H and O–H groups in total. The summed E-state index contributed by atoms with van der Waals surface area (Å²) in [5.74, 6) is 0.156. The standard InChI is InChI=1S/C17H24O3/c1-12-5-4-6-14(11-18)9-15-10-17(15,3)16(8-7-12)20-13(2)19/h5,9,11,15-16H,4,6-8,10H2,1-3H3/b12-5+,14-9-/t15-,16-,17-/m1/s1. The van der Waals surface area contributed by atoms with E-state index < -0.39 is 0 Å². The van der Waals surface area contributed by atoms with Crippen molar-refractivity contribution >= 4 is 12.3 Å². The monoisotopic (exact) mass is 276 g/mol. The fraction of sp³-hybridized carbons (Fsp3) is 0.647. The minimum absolute atomic E-state index is 0.00451. The summed E-state index contributed by atoms with van der Waals surface area (Å²) in [6, 6.07) is 0. The third-order valence-corrected chi connectivity index (χ3v) is 4.68. The van der Waals surface area contributed by atoms with Gasteiger partial charge in [0.2, 0.25) is 0 Å². The van der Waals surface area contributed by atoms with Crippen molar-refractivity contribution in [1.82, 2.24) is 0 Å². The van der Waals surface area contributed by atoms with Gasteiger partial charge in [-0.2, -0.15) is 0 Å². The molecule has 0 amide bonds. The van der Waals surface area contributed by atoms with Crippen LogP contribution in [-0.2, 0) is 14.3 Å². The van der Waals surface area contributed by atoms with E-state index in [0.29, 0.717) is 5.92 Å². The molecule has 0 heterocycles. The number of allylic oxidation sites excluding steroid dienone is 4. The molecule has 0 spiro atoms. The molecule has 1 saturated carbocycles. The second-order valence-electron chi connectivity index (χ2n) is 6.40. The molecule has 2 aliphatic rings. The Hall–Kier alpha value is -1.38. The lowest BCUT2D eigenvalue weighted by Crippen LogP contribution is -2.27. The zero-order chi connectivity index (χ0) is 14.8. The molecule has 0 bridgehead atoms. The second kappa shape index (κ2) is 5.94. The topological polar surface area (TPSA) is 43.4 Å². The Morgan fingerprint density at radius 1 is 1.45 bits per heavy atom. The summed E-state index contributed by atoms with van der Waals surface area (Å²) in [6.07, 6.45) is 9.78. The van der Waals surface area contributed by atoms with Crippen molar-refractivity contribution < 1.29 is 14.3 Å². The van der Waals surface area contributed by atoms with Gasteiger partial charge in [-0.1, -0.05) is 24.6 Å². The van der Waals surface area contributed by atoms with Crippen LogP contribution in [0.2, 0.25) is 0 Å². The predicted molar refractivity (Wildman–Crippen MR) is 78.1 cm³/mol. The highest BCUT2D eigenvalue weighted by Gasteiger charge is 2.55. The van der Waals surface area contributed by atoms with Crippen molar-refractivity contribution in [2.75, 3.05) is 0 Å². The van der Waals surface area contributed by atoms with Crippen LogP contribution in [0.4, 0.5) is 0 Å². The summed E-state index contributed by atoms with van der Waals surface area (Å²) >= 11 is 0. The van der Waals surface area contributed by atoms with Crippen LogP contribution in [0, 0.1) is 11.3 Å². The number of ether oxygens (including phenoxy) is 1. The number of carbonyl (C=O) groups excluding carboxylic acids is 2. The number of hydrogen-bond donors (Lipinski definition) is 0. The van der Waals surface area contributed by atoms with E-state index in [1.54, 1.807) is 0 Å². The summed E-state index contributed by atoms with van der Waals surface area (Å²) in [5.41, 5.74) is 2.20. The van der Waals surface area contributed by atoms with Gasteiger partial charge in [0, 0.05) is 12.3 Å². The Balaban J connectivity index is 2.22. The van der Waals surface area contributed by atoms with Gasteiger partial charge in [0.15, 0.2) is 0 Å². The molecule has 3 atom stereocenters. The number of hydrogen-bond acceptors (Lipinski definition) is 3. The zero-order valence-corrected chi connectivity index (χ0v) is 12.6. The van der Waals surface area contributed by atoms with Crippen LogP contribution < -0.4 is 0 Å². The first-order chi connectivity index (χ1) is 9.45. The van der Waals surface area contributed by atoms with Gasteiger partial charge in [0.05, 0.1) is 0 Å². The first kappa shape index (κ1) is 15.0. The number of fused-ring (bicyclic) bond motifs is 1. The number of rotatable bonds is 2. The second-order valence-corrected chi connectivity index (χ2v) is 6.40. The van der Waals surface area contributed by atoms with Gasteiger partial charge in [-0.3, -0.25) is 9.59 Å². The predicted octanol–water partition coefficient (Wildman–Crippen LogP) is 3.59. The van der Waals surface area contributed by atoms with Gasteiger partial charge in [-0.25, -0.2) is 0 Å². The van der Waals surface area contributed by atoms with Crippen LogP contribution in [0.25, 0.3) is 0 Å². The van der Waals surface area contributed by atoms with Crippen LogP contribution in [0.1, 0.15) is 52.9 Å². The molecule has 0 aromatic heterocycles. The molecule has 0 aromatic carbocycles. The highest BCUT2D eigenvalue weighted by Crippen LogP contribution is 2.58. The molecular weight excluding hydrogens is 252 g/mol. The molecule has 20 heavy (non-hydrogen) atoms. The molecule has 0 unspecified atom stereocenters. The smallest absolute Gasteiger partial charge is 0.302 e. The van der Waals surface area contributed by atoms with E-state index in [2.05, 4.69) is 26.0 Å². The lowest BCUT2D eigenvalue weighted by atomic mass is 9.92. The van der Waals surface area contributed by atoms with Crippen LogP contribution >= 0.6 is 0 Å². The van der Waals surface area contributed by atoms with Gasteiger partial charge in [-0.15, -0.1) is 0 Å². The van der Waals surface area contributed by atoms with Gasteiger partial charge < -0.3 is 4.74 Å². The summed E-state index contributed by atoms with van der Waals surface area (Å²) in [7, 11) is 0. The van der Waals surface area contributed by atoms with E-state index in [0.717, 1.165) is 44.0 Å². The van der Waals surface area contributed by atoms with Gasteiger partial charge in [0.1, 0.15) is 12.4 Å². The van der Waals surface area contributed by atoms with Crippen molar-refractivity contribution in [3.63, 3.8) is 0 Å². The Labute approximate surface area is 121 Å². The SMILES string of the molecule is CC(=O)O[C@@H]1CC/C(C)=C/CC/C(C=O)=C/[C@@H]2C[C@]21C. The highest BCUT2D eigenvalue weighted by atomic mass is 16.5.